The number of hydrogen-bond donors (Lipinski definition) is 1. The van der Waals surface area contributed by atoms with Gasteiger partial charge in [-0.15, -0.1) is 0 Å². The third kappa shape index (κ3) is 5.74. The van der Waals surface area contributed by atoms with Crippen molar-refractivity contribution < 1.29 is 22.7 Å². The minimum atomic E-state index is -0.990. The average Bonchev–Trinajstić information content (AvgIpc) is 3.48. The highest BCUT2D eigenvalue weighted by molar-refractivity contribution is 5.91. The average molecular weight is 490 g/mol. The molecule has 1 N–H and O–H groups in total. The van der Waals surface area contributed by atoms with Crippen molar-refractivity contribution >= 4 is 17.1 Å². The van der Waals surface area contributed by atoms with Crippen LogP contribution in [0.25, 0.3) is 22.4 Å². The molecule has 7 nitrogen and oxygen atoms in total. The fraction of sp³-hybridized carbons (Fsp3) is 0.520. The number of halogens is 3. The zero-order valence-corrected chi connectivity index (χ0v) is 19.9. The summed E-state index contributed by atoms with van der Waals surface area (Å²) in [4.78, 5) is 29.2. The Morgan fingerprint density at radius 1 is 1.20 bits per heavy atom. The molecule has 2 aliphatic rings. The molecule has 10 heteroatoms. The minimum absolute atomic E-state index is 0.0805. The van der Waals surface area contributed by atoms with Crippen LogP contribution in [-0.4, -0.2) is 56.3 Å². The lowest BCUT2D eigenvalue weighted by Gasteiger charge is -2.30. The van der Waals surface area contributed by atoms with Crippen LogP contribution in [0, 0.1) is 17.6 Å². The Balaban J connectivity index is 0.00000141. The van der Waals surface area contributed by atoms with Gasteiger partial charge in [-0.3, -0.25) is 0 Å². The van der Waals surface area contributed by atoms with Gasteiger partial charge >= 0.3 is 6.09 Å². The molecule has 0 unspecified atom stereocenters. The Bertz CT molecular complexity index is 1170. The smallest absolute Gasteiger partial charge is 0.410 e. The lowest BCUT2D eigenvalue weighted by molar-refractivity contribution is 0.0371. The highest BCUT2D eigenvalue weighted by Crippen LogP contribution is 2.31. The van der Waals surface area contributed by atoms with Crippen LogP contribution in [0.3, 0.4) is 0 Å². The van der Waals surface area contributed by atoms with E-state index in [9.17, 15) is 18.0 Å². The summed E-state index contributed by atoms with van der Waals surface area (Å²) >= 11 is 0. The number of likely N-dealkylation sites (tertiary alicyclic amines) is 1. The molecule has 1 aliphatic heterocycles. The van der Waals surface area contributed by atoms with Crippen LogP contribution in [0.15, 0.2) is 24.7 Å². The van der Waals surface area contributed by atoms with Crippen molar-refractivity contribution in [2.45, 2.75) is 64.6 Å². The summed E-state index contributed by atoms with van der Waals surface area (Å²) < 4.78 is 47.2. The van der Waals surface area contributed by atoms with Crippen LogP contribution >= 0.6 is 0 Å². The number of rotatable bonds is 4. The Kier molecular flexibility index (Phi) is 7.87. The molecule has 1 amide bonds. The number of carbonyl (C=O) groups excluding carboxylic acids is 1. The molecule has 0 bridgehead atoms. The molecular weight excluding hydrogens is 459 g/mol. The Labute approximate surface area is 202 Å². The second kappa shape index (κ2) is 11.0. The summed E-state index contributed by atoms with van der Waals surface area (Å²) in [5, 5.41) is 0.523. The Morgan fingerprint density at radius 3 is 2.80 bits per heavy atom. The van der Waals surface area contributed by atoms with E-state index in [-0.39, 0.29) is 24.3 Å². The van der Waals surface area contributed by atoms with Gasteiger partial charge in [-0.05, 0) is 50.5 Å². The first-order chi connectivity index (χ1) is 17.0. The number of fused-ring (bicyclic) bond motifs is 1. The van der Waals surface area contributed by atoms with E-state index in [0.29, 0.717) is 48.2 Å². The highest BCUT2D eigenvalue weighted by Gasteiger charge is 2.31. The second-order valence-electron chi connectivity index (χ2n) is 8.81. The van der Waals surface area contributed by atoms with Crippen LogP contribution in [0.4, 0.5) is 18.0 Å². The molecule has 0 aromatic carbocycles. The predicted molar refractivity (Wildman–Crippen MR) is 125 cm³/mol. The zero-order valence-electron chi connectivity index (χ0n) is 19.9. The SMILES string of the molecule is CC.O=C(O[C@@H]1CCC[C@H](Cc2nc(-c3c[nH]c4ncc(F)cc34)ncc2F)C1)N1CC[C@@H](F)C1. The quantitative estimate of drug-likeness (QED) is 0.515. The van der Waals surface area contributed by atoms with Crippen LogP contribution in [0.1, 0.15) is 51.6 Å². The van der Waals surface area contributed by atoms with Crippen LogP contribution in [0.2, 0.25) is 0 Å². The van der Waals surface area contributed by atoms with Crippen molar-refractivity contribution in [2.75, 3.05) is 13.1 Å². The van der Waals surface area contributed by atoms with Gasteiger partial charge in [0.15, 0.2) is 11.6 Å². The van der Waals surface area contributed by atoms with Crippen molar-refractivity contribution in [1.29, 1.82) is 0 Å². The van der Waals surface area contributed by atoms with E-state index in [1.54, 1.807) is 6.20 Å². The van der Waals surface area contributed by atoms with Gasteiger partial charge < -0.3 is 14.6 Å². The van der Waals surface area contributed by atoms with E-state index in [1.165, 1.54) is 11.0 Å². The number of nitrogens with zero attached hydrogens (tertiary/aromatic N) is 4. The van der Waals surface area contributed by atoms with Crippen molar-refractivity contribution in [3.8, 4) is 11.4 Å². The van der Waals surface area contributed by atoms with E-state index in [0.717, 1.165) is 31.7 Å². The summed E-state index contributed by atoms with van der Waals surface area (Å²) in [5.74, 6) is -0.612. The molecule has 2 fully saturated rings. The normalized spacial score (nSPS) is 22.1. The van der Waals surface area contributed by atoms with Gasteiger partial charge in [-0.1, -0.05) is 13.8 Å². The number of ether oxygens (including phenoxy) is 1. The number of alkyl halides is 1. The largest absolute Gasteiger partial charge is 0.446 e. The minimum Gasteiger partial charge on any atom is -0.446 e. The lowest BCUT2D eigenvalue weighted by Crippen LogP contribution is -2.35. The number of H-pyrrole nitrogens is 1. The van der Waals surface area contributed by atoms with Gasteiger partial charge in [0, 0.05) is 23.7 Å². The summed E-state index contributed by atoms with van der Waals surface area (Å²) in [6.45, 7) is 4.45. The van der Waals surface area contributed by atoms with Crippen molar-refractivity contribution in [1.82, 2.24) is 24.8 Å². The first-order valence-corrected chi connectivity index (χ1v) is 12.2. The van der Waals surface area contributed by atoms with E-state index in [2.05, 4.69) is 19.9 Å². The Morgan fingerprint density at radius 2 is 2.03 bits per heavy atom. The van der Waals surface area contributed by atoms with Gasteiger partial charge in [-0.25, -0.2) is 32.9 Å². The fourth-order valence-corrected chi connectivity index (χ4v) is 4.75. The summed E-state index contributed by atoms with van der Waals surface area (Å²) in [6, 6.07) is 1.34. The number of aromatic nitrogens is 4. The second-order valence-corrected chi connectivity index (χ2v) is 8.81. The first-order valence-electron chi connectivity index (χ1n) is 12.2. The molecule has 0 radical (unpaired) electrons. The van der Waals surface area contributed by atoms with E-state index in [1.807, 2.05) is 13.8 Å². The Hall–Kier alpha value is -3.17. The summed E-state index contributed by atoms with van der Waals surface area (Å²) in [6.07, 6.45) is 5.90. The molecule has 35 heavy (non-hydrogen) atoms. The van der Waals surface area contributed by atoms with Gasteiger partial charge in [0.25, 0.3) is 0 Å². The molecule has 1 saturated heterocycles. The molecule has 4 heterocycles. The van der Waals surface area contributed by atoms with Crippen LogP contribution in [0.5, 0.6) is 0 Å². The third-order valence-corrected chi connectivity index (χ3v) is 6.43. The molecule has 0 spiro atoms. The topological polar surface area (TPSA) is 84.0 Å². The van der Waals surface area contributed by atoms with Crippen molar-refractivity contribution in [3.63, 3.8) is 0 Å². The van der Waals surface area contributed by atoms with Crippen LogP contribution in [-0.2, 0) is 11.2 Å². The molecule has 1 aliphatic carbocycles. The van der Waals surface area contributed by atoms with Gasteiger partial charge in [0.1, 0.15) is 23.7 Å². The maximum atomic E-state index is 14.6. The maximum absolute atomic E-state index is 14.6. The number of amides is 1. The summed E-state index contributed by atoms with van der Waals surface area (Å²) in [7, 11) is 0. The fourth-order valence-electron chi connectivity index (χ4n) is 4.75. The van der Waals surface area contributed by atoms with Crippen molar-refractivity contribution in [3.05, 3.63) is 42.0 Å². The molecule has 5 rings (SSSR count). The van der Waals surface area contributed by atoms with Crippen LogP contribution < -0.4 is 0 Å². The van der Waals surface area contributed by atoms with Gasteiger partial charge in [0.05, 0.1) is 24.6 Å². The molecule has 3 atom stereocenters. The van der Waals surface area contributed by atoms with Crippen molar-refractivity contribution in [2.24, 2.45) is 5.92 Å². The van der Waals surface area contributed by atoms with Gasteiger partial charge in [0.2, 0.25) is 0 Å². The zero-order chi connectivity index (χ0) is 24.9. The third-order valence-electron chi connectivity index (χ3n) is 6.43. The van der Waals surface area contributed by atoms with E-state index in [4.69, 9.17) is 4.74 Å². The number of carbonyl (C=O) groups is 1. The molecule has 3 aromatic heterocycles. The number of pyridine rings is 1. The monoisotopic (exact) mass is 489 g/mol. The highest BCUT2D eigenvalue weighted by atomic mass is 19.1. The standard InChI is InChI=1S/C23H24F3N5O2.C2H6/c24-14-4-5-31(12-14)23(32)33-16-3-1-2-13(6-16)7-20-19(26)11-29-22(30-20)18-10-28-21-17(18)8-15(25)9-27-21;1-2/h8-11,13-14,16H,1-7,12H2,(H,27,28);1-2H3/t13-,14+,16+;/m0./s1. The predicted octanol–water partition coefficient (Wildman–Crippen LogP) is 5.61. The molecule has 3 aromatic rings. The number of nitrogens with one attached hydrogen (secondary N) is 1. The lowest BCUT2D eigenvalue weighted by atomic mass is 9.84. The molecule has 188 valence electrons. The number of hydrogen-bond acceptors (Lipinski definition) is 5. The van der Waals surface area contributed by atoms with E-state index < -0.39 is 23.9 Å². The number of aromatic amines is 1. The van der Waals surface area contributed by atoms with E-state index >= 15 is 0 Å². The van der Waals surface area contributed by atoms with Gasteiger partial charge in [-0.2, -0.15) is 0 Å². The first kappa shape index (κ1) is 24.9. The molecule has 1 saturated carbocycles. The molecular formula is C25H30F3N5O2. The summed E-state index contributed by atoms with van der Waals surface area (Å²) in [5.41, 5.74) is 1.32. The maximum Gasteiger partial charge on any atom is 0.410 e.